The van der Waals surface area contributed by atoms with Crippen molar-refractivity contribution in [2.24, 2.45) is 0 Å². The van der Waals surface area contributed by atoms with Crippen LogP contribution in [-0.2, 0) is 12.8 Å². The zero-order valence-electron chi connectivity index (χ0n) is 10.6. The number of benzene rings is 2. The van der Waals surface area contributed by atoms with Gasteiger partial charge in [-0.1, -0.05) is 70.5 Å². The summed E-state index contributed by atoms with van der Waals surface area (Å²) >= 11 is 3.72. The number of rotatable bonds is 2. The molecule has 19 heavy (non-hydrogen) atoms. The minimum Gasteiger partial charge on any atom is -0.293 e. The highest BCUT2D eigenvalue weighted by atomic mass is 79.9. The third-order valence-electron chi connectivity index (χ3n) is 3.79. The zero-order chi connectivity index (χ0) is 13.3. The minimum atomic E-state index is -0.442. The van der Waals surface area contributed by atoms with Gasteiger partial charge < -0.3 is 0 Å². The van der Waals surface area contributed by atoms with Crippen molar-refractivity contribution in [2.75, 3.05) is 0 Å². The number of carbonyl (C=O) groups excluding carboxylic acids is 1. The molecule has 2 aromatic carbocycles. The van der Waals surface area contributed by atoms with Crippen molar-refractivity contribution in [1.29, 1.82) is 0 Å². The molecular formula is C17H15BrO. The second kappa shape index (κ2) is 4.93. The number of carbonyl (C=O) groups is 1. The molecule has 0 N–H and O–H groups in total. The van der Waals surface area contributed by atoms with Crippen LogP contribution in [0.5, 0.6) is 0 Å². The summed E-state index contributed by atoms with van der Waals surface area (Å²) in [6.45, 7) is 0. The maximum atomic E-state index is 12.7. The molecule has 0 heterocycles. The minimum absolute atomic E-state index is 0.221. The molecule has 0 saturated carbocycles. The summed E-state index contributed by atoms with van der Waals surface area (Å²) in [5.41, 5.74) is 3.25. The predicted molar refractivity (Wildman–Crippen MR) is 80.9 cm³/mol. The first-order valence-electron chi connectivity index (χ1n) is 6.55. The molecule has 1 aliphatic carbocycles. The molecule has 0 aliphatic heterocycles. The average Bonchev–Trinajstić information content (AvgIpc) is 2.45. The molecule has 0 aromatic heterocycles. The Morgan fingerprint density at radius 3 is 2.47 bits per heavy atom. The lowest BCUT2D eigenvalue weighted by Crippen LogP contribution is -2.39. The molecule has 1 atom stereocenters. The van der Waals surface area contributed by atoms with Crippen LogP contribution in [0.3, 0.4) is 0 Å². The summed E-state index contributed by atoms with van der Waals surface area (Å²) in [6.07, 6.45) is 2.57. The molecule has 2 heteroatoms. The van der Waals surface area contributed by atoms with Gasteiger partial charge in [0.2, 0.25) is 0 Å². The van der Waals surface area contributed by atoms with Crippen LogP contribution in [0.1, 0.15) is 27.9 Å². The first-order valence-corrected chi connectivity index (χ1v) is 7.34. The van der Waals surface area contributed by atoms with Gasteiger partial charge in [-0.3, -0.25) is 4.79 Å². The van der Waals surface area contributed by atoms with Crippen LogP contribution in [0.25, 0.3) is 0 Å². The van der Waals surface area contributed by atoms with E-state index in [0.717, 1.165) is 24.8 Å². The fourth-order valence-corrected chi connectivity index (χ4v) is 3.47. The van der Waals surface area contributed by atoms with Crippen LogP contribution in [0, 0.1) is 0 Å². The highest BCUT2D eigenvalue weighted by Crippen LogP contribution is 2.37. The average molecular weight is 315 g/mol. The van der Waals surface area contributed by atoms with Crippen LogP contribution in [-0.4, -0.2) is 10.1 Å². The van der Waals surface area contributed by atoms with Gasteiger partial charge in [0.15, 0.2) is 5.78 Å². The number of halogens is 1. The topological polar surface area (TPSA) is 17.1 Å². The molecule has 0 unspecified atom stereocenters. The Morgan fingerprint density at radius 1 is 1.00 bits per heavy atom. The normalized spacial score (nSPS) is 22.1. The smallest absolute Gasteiger partial charge is 0.180 e. The number of fused-ring (bicyclic) bond motifs is 1. The van der Waals surface area contributed by atoms with E-state index in [1.54, 1.807) is 0 Å². The zero-order valence-corrected chi connectivity index (χ0v) is 12.2. The fourth-order valence-electron chi connectivity index (χ4n) is 2.74. The number of ketones is 1. The molecule has 0 radical (unpaired) electrons. The van der Waals surface area contributed by atoms with Crippen LogP contribution in [0.2, 0.25) is 0 Å². The first kappa shape index (κ1) is 12.6. The molecule has 96 valence electrons. The van der Waals surface area contributed by atoms with Gasteiger partial charge in [0.05, 0.1) is 4.32 Å². The van der Waals surface area contributed by atoms with Gasteiger partial charge in [0.25, 0.3) is 0 Å². The molecule has 2 aromatic rings. The van der Waals surface area contributed by atoms with Crippen LogP contribution in [0.15, 0.2) is 54.6 Å². The van der Waals surface area contributed by atoms with E-state index in [1.165, 1.54) is 11.1 Å². The third kappa shape index (κ3) is 2.37. The summed E-state index contributed by atoms with van der Waals surface area (Å²) in [7, 11) is 0. The van der Waals surface area contributed by atoms with Gasteiger partial charge in [-0.05, 0) is 30.4 Å². The van der Waals surface area contributed by atoms with E-state index in [-0.39, 0.29) is 5.78 Å². The van der Waals surface area contributed by atoms with Crippen molar-refractivity contribution in [3.63, 3.8) is 0 Å². The van der Waals surface area contributed by atoms with Crippen molar-refractivity contribution < 1.29 is 4.79 Å². The quantitative estimate of drug-likeness (QED) is 0.760. The van der Waals surface area contributed by atoms with Crippen molar-refractivity contribution in [3.8, 4) is 0 Å². The van der Waals surface area contributed by atoms with Gasteiger partial charge in [-0.25, -0.2) is 0 Å². The van der Waals surface area contributed by atoms with Crippen molar-refractivity contribution in [2.45, 2.75) is 23.6 Å². The molecule has 1 aliphatic rings. The Bertz CT molecular complexity index is 606. The maximum Gasteiger partial charge on any atom is 0.180 e. The van der Waals surface area contributed by atoms with E-state index in [9.17, 15) is 4.79 Å². The first-order chi connectivity index (χ1) is 9.19. The van der Waals surface area contributed by atoms with Gasteiger partial charge >= 0.3 is 0 Å². The molecule has 1 nitrogen and oxygen atoms in total. The summed E-state index contributed by atoms with van der Waals surface area (Å²) in [6, 6.07) is 18.2. The fraction of sp³-hybridized carbons (Fsp3) is 0.235. The molecule has 0 spiro atoms. The summed E-state index contributed by atoms with van der Waals surface area (Å²) in [4.78, 5) is 12.7. The Kier molecular flexibility index (Phi) is 3.28. The monoisotopic (exact) mass is 314 g/mol. The summed E-state index contributed by atoms with van der Waals surface area (Å²) in [5.74, 6) is 0.221. The van der Waals surface area contributed by atoms with E-state index in [4.69, 9.17) is 0 Å². The third-order valence-corrected chi connectivity index (χ3v) is 4.82. The molecule has 0 bridgehead atoms. The maximum absolute atomic E-state index is 12.7. The molecule has 3 rings (SSSR count). The van der Waals surface area contributed by atoms with Gasteiger partial charge in [-0.2, -0.15) is 0 Å². The SMILES string of the molecule is O=C1c2ccccc2CC[C@]1(Br)Cc1ccccc1. The van der Waals surface area contributed by atoms with E-state index in [0.29, 0.717) is 0 Å². The van der Waals surface area contributed by atoms with Crippen molar-refractivity contribution >= 4 is 21.7 Å². The lowest BCUT2D eigenvalue weighted by atomic mass is 9.79. The van der Waals surface area contributed by atoms with Crippen LogP contribution in [0.4, 0.5) is 0 Å². The summed E-state index contributed by atoms with van der Waals surface area (Å²) < 4.78 is -0.442. The largest absolute Gasteiger partial charge is 0.293 e. The second-order valence-electron chi connectivity index (χ2n) is 5.11. The lowest BCUT2D eigenvalue weighted by molar-refractivity contribution is 0.0931. The molecule has 0 saturated heterocycles. The molecular weight excluding hydrogens is 300 g/mol. The van der Waals surface area contributed by atoms with Gasteiger partial charge in [-0.15, -0.1) is 0 Å². The number of Topliss-reactive ketones (excluding diaryl/α,β-unsaturated/α-hetero) is 1. The lowest BCUT2D eigenvalue weighted by Gasteiger charge is -2.31. The van der Waals surface area contributed by atoms with Crippen LogP contribution < -0.4 is 0 Å². The van der Waals surface area contributed by atoms with Crippen LogP contribution >= 0.6 is 15.9 Å². The van der Waals surface area contributed by atoms with Crippen molar-refractivity contribution in [3.05, 3.63) is 71.3 Å². The molecule has 0 amide bonds. The number of hydrogen-bond acceptors (Lipinski definition) is 1. The summed E-state index contributed by atoms with van der Waals surface area (Å²) in [5, 5.41) is 0. The van der Waals surface area contributed by atoms with E-state index < -0.39 is 4.32 Å². The number of alkyl halides is 1. The number of aryl methyl sites for hydroxylation is 1. The number of hydrogen-bond donors (Lipinski definition) is 0. The van der Waals surface area contributed by atoms with E-state index in [2.05, 4.69) is 34.1 Å². The Labute approximate surface area is 121 Å². The van der Waals surface area contributed by atoms with E-state index in [1.807, 2.05) is 36.4 Å². The van der Waals surface area contributed by atoms with Gasteiger partial charge in [0, 0.05) is 5.56 Å². The second-order valence-corrected chi connectivity index (χ2v) is 6.63. The Hall–Kier alpha value is -1.41. The van der Waals surface area contributed by atoms with E-state index >= 15 is 0 Å². The van der Waals surface area contributed by atoms with Gasteiger partial charge in [0.1, 0.15) is 0 Å². The Balaban J connectivity index is 1.92. The highest BCUT2D eigenvalue weighted by molar-refractivity contribution is 9.10. The molecule has 0 fully saturated rings. The van der Waals surface area contributed by atoms with Crippen molar-refractivity contribution in [1.82, 2.24) is 0 Å². The highest BCUT2D eigenvalue weighted by Gasteiger charge is 2.40. The predicted octanol–water partition coefficient (Wildman–Crippen LogP) is 4.19. The Morgan fingerprint density at radius 2 is 1.68 bits per heavy atom. The standard InChI is InChI=1S/C17H15BrO/c18-17(12-13-6-2-1-3-7-13)11-10-14-8-4-5-9-15(14)16(17)19/h1-9H,10-12H2/t17-/m0/s1.